The lowest BCUT2D eigenvalue weighted by Gasteiger charge is -2.06. The number of nitrogens with one attached hydrogen (secondary N) is 1. The molecule has 0 saturated heterocycles. The smallest absolute Gasteiger partial charge is 0.412 e. The van der Waals surface area contributed by atoms with Gasteiger partial charge in [-0.05, 0) is 43.2 Å². The Bertz CT molecular complexity index is 1280. The van der Waals surface area contributed by atoms with Crippen molar-refractivity contribution >= 4 is 33.5 Å². The van der Waals surface area contributed by atoms with Crippen molar-refractivity contribution in [1.29, 1.82) is 0 Å². The third kappa shape index (κ3) is 3.74. The Hall–Kier alpha value is -3.39. The summed E-state index contributed by atoms with van der Waals surface area (Å²) in [5, 5.41) is 4.25. The van der Waals surface area contributed by atoms with Crippen molar-refractivity contribution in [2.45, 2.75) is 32.9 Å². The number of hydrogen-bond donors (Lipinski definition) is 1. The molecule has 3 heterocycles. The summed E-state index contributed by atoms with van der Waals surface area (Å²) in [5.41, 5.74) is 4.63. The number of methoxy groups -OCH3 is 1. The van der Waals surface area contributed by atoms with E-state index in [4.69, 9.17) is 14.5 Å². The van der Waals surface area contributed by atoms with Gasteiger partial charge < -0.3 is 14.0 Å². The van der Waals surface area contributed by atoms with Crippen LogP contribution in [0.5, 0.6) is 5.75 Å². The van der Waals surface area contributed by atoms with Crippen molar-refractivity contribution in [3.8, 4) is 16.3 Å². The lowest BCUT2D eigenvalue weighted by molar-refractivity contribution is 0.155. The third-order valence-electron chi connectivity index (χ3n) is 5.39. The molecule has 0 unspecified atom stereocenters. The molecule has 1 amide bonds. The zero-order valence-corrected chi connectivity index (χ0v) is 18.2. The van der Waals surface area contributed by atoms with E-state index >= 15 is 0 Å². The van der Waals surface area contributed by atoms with E-state index in [1.54, 1.807) is 7.11 Å². The molecule has 0 spiro atoms. The second-order valence-corrected chi connectivity index (χ2v) is 8.44. The first-order valence-electron chi connectivity index (χ1n) is 10.1. The summed E-state index contributed by atoms with van der Waals surface area (Å²) in [6, 6.07) is 13.7. The number of carbonyl (C=O) groups excluding carboxylic acids is 1. The van der Waals surface area contributed by atoms with Gasteiger partial charge in [0.15, 0.2) is 0 Å². The first kappa shape index (κ1) is 19.6. The summed E-state index contributed by atoms with van der Waals surface area (Å²) in [6.45, 7) is 3.06. The van der Waals surface area contributed by atoms with Gasteiger partial charge >= 0.3 is 6.09 Å². The van der Waals surface area contributed by atoms with Gasteiger partial charge in [-0.1, -0.05) is 29.5 Å². The van der Waals surface area contributed by atoms with Crippen LogP contribution in [0, 0.1) is 6.92 Å². The van der Waals surface area contributed by atoms with E-state index in [1.807, 2.05) is 43.3 Å². The number of amides is 1. The van der Waals surface area contributed by atoms with Crippen LogP contribution in [0.3, 0.4) is 0 Å². The first-order chi connectivity index (χ1) is 15.1. The lowest BCUT2D eigenvalue weighted by Crippen LogP contribution is -2.13. The van der Waals surface area contributed by atoms with Crippen LogP contribution in [0.4, 0.5) is 9.80 Å². The maximum Gasteiger partial charge on any atom is 0.412 e. The van der Waals surface area contributed by atoms with Crippen LogP contribution in [0.25, 0.3) is 21.6 Å². The SMILES string of the molecule is COc1ccccc1-c1nc(C)c(NC(=O)OCc2ccc3c(c2)nc2n3CCC2)s1. The Kier molecular flexibility index (Phi) is 5.07. The number of ether oxygens (including phenoxy) is 2. The second kappa shape index (κ2) is 8.03. The molecule has 2 aromatic heterocycles. The Morgan fingerprint density at radius 1 is 1.23 bits per heavy atom. The largest absolute Gasteiger partial charge is 0.496 e. The molecule has 0 radical (unpaired) electrons. The van der Waals surface area contributed by atoms with Crippen molar-refractivity contribution < 1.29 is 14.3 Å². The Labute approximate surface area is 183 Å². The van der Waals surface area contributed by atoms with Crippen LogP contribution in [-0.4, -0.2) is 27.7 Å². The average molecular weight is 435 g/mol. The van der Waals surface area contributed by atoms with Gasteiger partial charge in [-0.15, -0.1) is 0 Å². The van der Waals surface area contributed by atoms with E-state index in [-0.39, 0.29) is 6.61 Å². The average Bonchev–Trinajstić information content (AvgIpc) is 3.47. The van der Waals surface area contributed by atoms with Crippen LogP contribution in [0.1, 0.15) is 23.5 Å². The van der Waals surface area contributed by atoms with Gasteiger partial charge in [0.1, 0.15) is 28.2 Å². The number of fused-ring (bicyclic) bond motifs is 3. The number of benzene rings is 2. The Balaban J connectivity index is 1.26. The molecule has 7 nitrogen and oxygen atoms in total. The predicted molar refractivity (Wildman–Crippen MR) is 121 cm³/mol. The number of aryl methyl sites for hydroxylation is 3. The number of para-hydroxylation sites is 1. The number of aromatic nitrogens is 3. The van der Waals surface area contributed by atoms with Crippen molar-refractivity contribution in [3.05, 3.63) is 59.5 Å². The van der Waals surface area contributed by atoms with E-state index in [1.165, 1.54) is 11.3 Å². The fourth-order valence-electron chi connectivity index (χ4n) is 3.88. The first-order valence-corrected chi connectivity index (χ1v) is 11.0. The van der Waals surface area contributed by atoms with Crippen molar-refractivity contribution in [3.63, 3.8) is 0 Å². The predicted octanol–water partition coefficient (Wildman–Crippen LogP) is 5.17. The van der Waals surface area contributed by atoms with Crippen molar-refractivity contribution in [1.82, 2.24) is 14.5 Å². The lowest BCUT2D eigenvalue weighted by atomic mass is 10.2. The van der Waals surface area contributed by atoms with E-state index in [0.717, 1.165) is 63.8 Å². The van der Waals surface area contributed by atoms with Gasteiger partial charge in [0.25, 0.3) is 0 Å². The summed E-state index contributed by atoms with van der Waals surface area (Å²) in [4.78, 5) is 21.7. The normalized spacial score (nSPS) is 12.7. The number of hydrogen-bond acceptors (Lipinski definition) is 6. The summed E-state index contributed by atoms with van der Waals surface area (Å²) >= 11 is 1.39. The number of thiazole rings is 1. The van der Waals surface area contributed by atoms with Gasteiger partial charge in [-0.3, -0.25) is 5.32 Å². The second-order valence-electron chi connectivity index (χ2n) is 7.44. The van der Waals surface area contributed by atoms with E-state index < -0.39 is 6.09 Å². The number of nitrogens with zero attached hydrogens (tertiary/aromatic N) is 3. The summed E-state index contributed by atoms with van der Waals surface area (Å²) in [5.74, 6) is 1.88. The molecule has 5 rings (SSSR count). The fraction of sp³-hybridized carbons (Fsp3) is 0.261. The van der Waals surface area contributed by atoms with Crippen LogP contribution >= 0.6 is 11.3 Å². The van der Waals surface area contributed by atoms with Crippen LogP contribution in [0.15, 0.2) is 42.5 Å². The Morgan fingerprint density at radius 2 is 2.10 bits per heavy atom. The van der Waals surface area contributed by atoms with Gasteiger partial charge in [-0.2, -0.15) is 0 Å². The topological polar surface area (TPSA) is 78.3 Å². The molecule has 8 heteroatoms. The number of rotatable bonds is 5. The molecule has 0 aliphatic carbocycles. The highest BCUT2D eigenvalue weighted by Crippen LogP contribution is 2.36. The molecule has 0 fully saturated rings. The van der Waals surface area contributed by atoms with Gasteiger partial charge in [0.2, 0.25) is 0 Å². The molecule has 31 heavy (non-hydrogen) atoms. The number of imidazole rings is 1. The highest BCUT2D eigenvalue weighted by atomic mass is 32.1. The van der Waals surface area contributed by atoms with Crippen LogP contribution in [0.2, 0.25) is 0 Å². The maximum absolute atomic E-state index is 12.4. The molecular formula is C23H22N4O3S. The van der Waals surface area contributed by atoms with E-state index in [9.17, 15) is 4.79 Å². The number of anilines is 1. The molecule has 1 aliphatic heterocycles. The fourth-order valence-corrected chi connectivity index (χ4v) is 4.86. The van der Waals surface area contributed by atoms with Crippen LogP contribution < -0.4 is 10.1 Å². The van der Waals surface area contributed by atoms with Gasteiger partial charge in [-0.25, -0.2) is 14.8 Å². The molecule has 0 saturated carbocycles. The maximum atomic E-state index is 12.4. The van der Waals surface area contributed by atoms with E-state index in [0.29, 0.717) is 5.00 Å². The molecule has 158 valence electrons. The van der Waals surface area contributed by atoms with Crippen molar-refractivity contribution in [2.24, 2.45) is 0 Å². The molecule has 4 aromatic rings. The zero-order valence-electron chi connectivity index (χ0n) is 17.3. The molecule has 0 atom stereocenters. The Morgan fingerprint density at radius 3 is 2.97 bits per heavy atom. The minimum atomic E-state index is -0.509. The van der Waals surface area contributed by atoms with Crippen molar-refractivity contribution in [2.75, 3.05) is 12.4 Å². The summed E-state index contributed by atoms with van der Waals surface area (Å²) in [7, 11) is 1.63. The van der Waals surface area contributed by atoms with Crippen LogP contribution in [-0.2, 0) is 24.3 Å². The molecule has 0 bridgehead atoms. The van der Waals surface area contributed by atoms with Gasteiger partial charge in [0, 0.05) is 13.0 Å². The highest BCUT2D eigenvalue weighted by molar-refractivity contribution is 7.19. The number of carbonyl (C=O) groups is 1. The summed E-state index contributed by atoms with van der Waals surface area (Å²) < 4.78 is 13.1. The standard InChI is InChI=1S/C23H22N4O3S/c1-14-21(31-22(24-14)16-6-3-4-7-19(16)29-2)26-23(28)30-13-15-9-10-18-17(12-15)25-20-8-5-11-27(18)20/h3-4,6-7,9-10,12H,5,8,11,13H2,1-2H3,(H,26,28). The quantitative estimate of drug-likeness (QED) is 0.469. The van der Waals surface area contributed by atoms with E-state index in [2.05, 4.69) is 20.9 Å². The minimum Gasteiger partial charge on any atom is -0.496 e. The molecule has 1 N–H and O–H groups in total. The summed E-state index contributed by atoms with van der Waals surface area (Å²) in [6.07, 6.45) is 1.67. The molecule has 2 aromatic carbocycles. The van der Waals surface area contributed by atoms with Gasteiger partial charge in [0.05, 0.1) is 29.4 Å². The molecule has 1 aliphatic rings. The zero-order chi connectivity index (χ0) is 21.4. The molecular weight excluding hydrogens is 412 g/mol. The third-order valence-corrected chi connectivity index (χ3v) is 6.50. The highest BCUT2D eigenvalue weighted by Gasteiger charge is 2.17. The minimum absolute atomic E-state index is 0.182. The monoisotopic (exact) mass is 434 g/mol.